The van der Waals surface area contributed by atoms with Crippen molar-refractivity contribution in [3.05, 3.63) is 102 Å². The Balaban J connectivity index is 1.86. The Morgan fingerprint density at radius 2 is 1.74 bits per heavy atom. The van der Waals surface area contributed by atoms with Gasteiger partial charge in [0, 0.05) is 31.5 Å². The second kappa shape index (κ2) is 15.2. The largest absolute Gasteiger partial charge is 0.475 e. The fourth-order valence-electron chi connectivity index (χ4n) is 4.16. The van der Waals surface area contributed by atoms with Crippen LogP contribution in [-0.4, -0.2) is 63.9 Å². The van der Waals surface area contributed by atoms with Gasteiger partial charge in [0.25, 0.3) is 11.8 Å². The molecule has 2 atom stereocenters. The maximum Gasteiger partial charge on any atom is 0.475 e. The Morgan fingerprint density at radius 1 is 1.02 bits per heavy atom. The summed E-state index contributed by atoms with van der Waals surface area (Å²) in [5.74, 6) is -2.82. The van der Waals surface area contributed by atoms with Crippen LogP contribution in [0.25, 0.3) is 0 Å². The number of hydrogen-bond acceptors (Lipinski definition) is 8. The molecule has 216 valence electrons. The number of hydrogen-bond donors (Lipinski definition) is 4. The van der Waals surface area contributed by atoms with Gasteiger partial charge in [-0.3, -0.25) is 19.4 Å². The van der Waals surface area contributed by atoms with Gasteiger partial charge in [-0.15, -0.1) is 0 Å². The van der Waals surface area contributed by atoms with Crippen molar-refractivity contribution < 1.29 is 24.4 Å². The molecule has 2 aromatic carbocycles. The van der Waals surface area contributed by atoms with Crippen LogP contribution in [0.4, 0.5) is 5.69 Å². The van der Waals surface area contributed by atoms with E-state index in [0.29, 0.717) is 11.3 Å². The van der Waals surface area contributed by atoms with E-state index in [1.54, 1.807) is 61.7 Å². The lowest BCUT2D eigenvalue weighted by atomic mass is 9.75. The first-order valence-corrected chi connectivity index (χ1v) is 13.3. The van der Waals surface area contributed by atoms with Gasteiger partial charge in [0.05, 0.1) is 12.1 Å². The zero-order valence-electron chi connectivity index (χ0n) is 23.6. The molecule has 0 saturated heterocycles. The van der Waals surface area contributed by atoms with Crippen molar-refractivity contribution >= 4 is 30.5 Å². The van der Waals surface area contributed by atoms with Crippen molar-refractivity contribution in [2.24, 2.45) is 5.92 Å². The zero-order valence-corrected chi connectivity index (χ0v) is 23.6. The minimum Gasteiger partial charge on any atom is -0.426 e. The number of carbonyl (C=O) groups is 3. The highest BCUT2D eigenvalue weighted by molar-refractivity contribution is 6.43. The second-order valence-electron chi connectivity index (χ2n) is 10.0. The minimum atomic E-state index is -1.86. The first kappa shape index (κ1) is 31.7. The summed E-state index contributed by atoms with van der Waals surface area (Å²) in [6.07, 6.45) is 5.75. The predicted octanol–water partition coefficient (Wildman–Crippen LogP) is 1.63. The molecule has 0 fully saturated rings. The topological polar surface area (TPSA) is 169 Å². The van der Waals surface area contributed by atoms with E-state index in [-0.39, 0.29) is 30.0 Å². The Hall–Kier alpha value is -4.86. The van der Waals surface area contributed by atoms with Gasteiger partial charge in [0.1, 0.15) is 23.4 Å². The summed E-state index contributed by atoms with van der Waals surface area (Å²) in [7, 11) is -0.314. The molecule has 0 aliphatic rings. The van der Waals surface area contributed by atoms with Gasteiger partial charge < -0.3 is 25.6 Å². The van der Waals surface area contributed by atoms with Crippen molar-refractivity contribution in [2.45, 2.75) is 38.7 Å². The molecule has 1 aromatic heterocycles. The molecule has 11 nitrogen and oxygen atoms in total. The number of allylic oxidation sites excluding steroid dienone is 1. The third-order valence-electron chi connectivity index (χ3n) is 6.30. The highest BCUT2D eigenvalue weighted by atomic mass is 16.4. The molecule has 0 aliphatic heterocycles. The average molecular weight is 568 g/mol. The molecular weight excluding hydrogens is 535 g/mol. The summed E-state index contributed by atoms with van der Waals surface area (Å²) >= 11 is 0. The van der Waals surface area contributed by atoms with E-state index in [1.165, 1.54) is 23.5 Å². The van der Waals surface area contributed by atoms with Crippen LogP contribution in [0.15, 0.2) is 84.8 Å². The summed E-state index contributed by atoms with van der Waals surface area (Å²) < 4.78 is 0. The van der Waals surface area contributed by atoms with Gasteiger partial charge in [-0.2, -0.15) is 5.26 Å². The van der Waals surface area contributed by atoms with E-state index in [1.807, 2.05) is 26.0 Å². The van der Waals surface area contributed by atoms with Gasteiger partial charge in [0.15, 0.2) is 0 Å². The van der Waals surface area contributed by atoms with Crippen LogP contribution in [0, 0.1) is 17.2 Å². The number of anilines is 1. The lowest BCUT2D eigenvalue weighted by Crippen LogP contribution is -2.55. The van der Waals surface area contributed by atoms with Crippen molar-refractivity contribution in [1.82, 2.24) is 20.6 Å². The van der Waals surface area contributed by atoms with Crippen LogP contribution < -0.4 is 15.5 Å². The predicted molar refractivity (Wildman–Crippen MR) is 158 cm³/mol. The number of carbonyl (C=O) groups excluding carboxylic acids is 3. The first-order chi connectivity index (χ1) is 20.1. The number of rotatable bonds is 12. The average Bonchev–Trinajstić information content (AvgIpc) is 2.99. The SMILES string of the molecule is CC(C)C=C(C#N)C(=O)N(C)c1cccc(CC(NC(=O)c2cnccn2)C(=O)NC(Cc2ccccc2)B(O)O)c1. The first-order valence-electron chi connectivity index (χ1n) is 13.3. The monoisotopic (exact) mass is 568 g/mol. The Kier molecular flexibility index (Phi) is 11.5. The number of benzene rings is 2. The molecule has 2 unspecified atom stereocenters. The van der Waals surface area contributed by atoms with Crippen LogP contribution in [0.3, 0.4) is 0 Å². The molecule has 1 heterocycles. The molecule has 12 heteroatoms. The van der Waals surface area contributed by atoms with Crippen LogP contribution in [0.2, 0.25) is 0 Å². The van der Waals surface area contributed by atoms with Crippen LogP contribution >= 0.6 is 0 Å². The molecule has 3 aromatic rings. The number of amides is 3. The Morgan fingerprint density at radius 3 is 2.36 bits per heavy atom. The number of nitrogens with zero attached hydrogens (tertiary/aromatic N) is 4. The third kappa shape index (κ3) is 9.09. The van der Waals surface area contributed by atoms with Gasteiger partial charge >= 0.3 is 7.12 Å². The maximum atomic E-state index is 13.5. The van der Waals surface area contributed by atoms with Crippen molar-refractivity contribution in [2.75, 3.05) is 11.9 Å². The highest BCUT2D eigenvalue weighted by Crippen LogP contribution is 2.19. The van der Waals surface area contributed by atoms with Gasteiger partial charge in [0.2, 0.25) is 5.91 Å². The fourth-order valence-corrected chi connectivity index (χ4v) is 4.16. The van der Waals surface area contributed by atoms with E-state index in [0.717, 1.165) is 5.56 Å². The molecule has 4 N–H and O–H groups in total. The highest BCUT2D eigenvalue weighted by Gasteiger charge is 2.30. The van der Waals surface area contributed by atoms with Crippen molar-refractivity contribution in [3.8, 4) is 6.07 Å². The van der Waals surface area contributed by atoms with E-state index in [4.69, 9.17) is 0 Å². The number of likely N-dealkylation sites (N-methyl/N-ethyl adjacent to an activating group) is 1. The number of aromatic nitrogens is 2. The Labute approximate surface area is 245 Å². The normalized spacial score (nSPS) is 12.5. The lowest BCUT2D eigenvalue weighted by molar-refractivity contribution is -0.123. The summed E-state index contributed by atoms with van der Waals surface area (Å²) in [4.78, 5) is 48.6. The van der Waals surface area contributed by atoms with E-state index in [2.05, 4.69) is 20.6 Å². The smallest absolute Gasteiger partial charge is 0.426 e. The summed E-state index contributed by atoms with van der Waals surface area (Å²) in [5, 5.41) is 34.7. The molecule has 0 bridgehead atoms. The summed E-state index contributed by atoms with van der Waals surface area (Å²) in [6.45, 7) is 3.73. The fraction of sp³-hybridized carbons (Fsp3) is 0.267. The van der Waals surface area contributed by atoms with Gasteiger partial charge in [-0.1, -0.05) is 62.4 Å². The molecule has 3 amide bonds. The molecule has 42 heavy (non-hydrogen) atoms. The van der Waals surface area contributed by atoms with Gasteiger partial charge in [-0.05, 0) is 35.6 Å². The third-order valence-corrected chi connectivity index (χ3v) is 6.30. The number of nitriles is 1. The lowest BCUT2D eigenvalue weighted by Gasteiger charge is -2.24. The molecular formula is C30H33BN6O5. The molecule has 0 radical (unpaired) electrons. The standard InChI is InChI=1S/C30H33BN6O5/c1-20(2)14-23(18-32)30(40)37(3)24-11-7-10-22(15-24)16-25(35-29(39)26-19-33-12-13-34-26)28(38)36-27(31(41)42)17-21-8-5-4-6-9-21/h4-15,19-20,25,27,41-42H,16-17H2,1-3H3,(H,35,39)(H,36,38). The molecule has 3 rings (SSSR count). The van der Waals surface area contributed by atoms with E-state index in [9.17, 15) is 29.7 Å². The van der Waals surface area contributed by atoms with Crippen molar-refractivity contribution in [3.63, 3.8) is 0 Å². The van der Waals surface area contributed by atoms with Crippen LogP contribution in [0.1, 0.15) is 35.5 Å². The molecule has 0 aliphatic carbocycles. The summed E-state index contributed by atoms with van der Waals surface area (Å²) in [6, 6.07) is 16.6. The van der Waals surface area contributed by atoms with E-state index >= 15 is 0 Å². The minimum absolute atomic E-state index is 0.000225. The Bertz CT molecular complexity index is 1440. The van der Waals surface area contributed by atoms with Gasteiger partial charge in [-0.25, -0.2) is 4.98 Å². The van der Waals surface area contributed by atoms with Crippen LogP contribution in [0.5, 0.6) is 0 Å². The molecule has 0 saturated carbocycles. The maximum absolute atomic E-state index is 13.5. The second-order valence-corrected chi connectivity index (χ2v) is 10.0. The zero-order chi connectivity index (χ0) is 30.6. The summed E-state index contributed by atoms with van der Waals surface area (Å²) in [5.41, 5.74) is 1.87. The van der Waals surface area contributed by atoms with Crippen molar-refractivity contribution in [1.29, 1.82) is 5.26 Å². The van der Waals surface area contributed by atoms with E-state index < -0.39 is 36.8 Å². The molecule has 0 spiro atoms. The quantitative estimate of drug-likeness (QED) is 0.145. The number of nitrogens with one attached hydrogen (secondary N) is 2. The van der Waals surface area contributed by atoms with Crippen LogP contribution in [-0.2, 0) is 22.4 Å².